The van der Waals surface area contributed by atoms with Crippen LogP contribution in [0.2, 0.25) is 0 Å². The van der Waals surface area contributed by atoms with Crippen LogP contribution in [0.15, 0.2) is 10.6 Å². The van der Waals surface area contributed by atoms with Crippen molar-refractivity contribution in [1.29, 1.82) is 0 Å². The van der Waals surface area contributed by atoms with Crippen molar-refractivity contribution in [2.45, 2.75) is 19.9 Å². The molecule has 7 heteroatoms. The van der Waals surface area contributed by atoms with E-state index in [0.717, 1.165) is 70.4 Å². The number of carbonyl (C=O) groups is 1. The number of hydrogen-bond donors (Lipinski definition) is 1. The number of piperazine rings is 1. The Balaban J connectivity index is 1.38. The summed E-state index contributed by atoms with van der Waals surface area (Å²) in [6.45, 7) is 8.23. The highest BCUT2D eigenvalue weighted by molar-refractivity contribution is 5.74. The molecule has 0 spiro atoms. The molecule has 1 N–H and O–H groups in total. The van der Waals surface area contributed by atoms with Crippen molar-refractivity contribution in [2.24, 2.45) is 5.92 Å². The molecule has 122 valence electrons. The number of carbonyl (C=O) groups excluding carboxylic acids is 1. The van der Waals surface area contributed by atoms with Gasteiger partial charge >= 0.3 is 6.03 Å². The van der Waals surface area contributed by atoms with E-state index >= 15 is 0 Å². The maximum absolute atomic E-state index is 12.2. The lowest BCUT2D eigenvalue weighted by molar-refractivity contribution is 0.132. The number of ether oxygens (including phenoxy) is 1. The first-order valence-electron chi connectivity index (χ1n) is 7.96. The summed E-state index contributed by atoms with van der Waals surface area (Å²) in [7, 11) is 0. The van der Waals surface area contributed by atoms with Crippen LogP contribution in [0.4, 0.5) is 4.79 Å². The van der Waals surface area contributed by atoms with Gasteiger partial charge in [0, 0.05) is 57.9 Å². The zero-order valence-electron chi connectivity index (χ0n) is 13.1. The molecule has 2 aliphatic heterocycles. The average molecular weight is 308 g/mol. The standard InChI is InChI=1S/C15H24N4O3/c1-12-8-14(17-22-12)10-18-3-5-19(6-4-18)15(20)16-9-13-2-7-21-11-13/h8,13H,2-7,9-11H2,1H3,(H,16,20). The van der Waals surface area contributed by atoms with Crippen LogP contribution in [0, 0.1) is 12.8 Å². The SMILES string of the molecule is Cc1cc(CN2CCN(C(=O)NCC3CCOC3)CC2)no1. The topological polar surface area (TPSA) is 70.8 Å². The molecule has 3 heterocycles. The summed E-state index contributed by atoms with van der Waals surface area (Å²) in [4.78, 5) is 16.3. The fourth-order valence-corrected chi connectivity index (χ4v) is 2.92. The van der Waals surface area contributed by atoms with Gasteiger partial charge in [0.15, 0.2) is 0 Å². The predicted octanol–water partition coefficient (Wildman–Crippen LogP) is 0.847. The van der Waals surface area contributed by atoms with Crippen LogP contribution in [0.3, 0.4) is 0 Å². The summed E-state index contributed by atoms with van der Waals surface area (Å²) in [5.74, 6) is 1.31. The second-order valence-electron chi connectivity index (χ2n) is 6.11. The van der Waals surface area contributed by atoms with Gasteiger partial charge in [-0.15, -0.1) is 0 Å². The number of nitrogens with zero attached hydrogens (tertiary/aromatic N) is 3. The van der Waals surface area contributed by atoms with Crippen LogP contribution in [-0.4, -0.2) is 66.9 Å². The van der Waals surface area contributed by atoms with Gasteiger partial charge in [-0.3, -0.25) is 4.90 Å². The number of aromatic nitrogens is 1. The van der Waals surface area contributed by atoms with Crippen molar-refractivity contribution < 1.29 is 14.1 Å². The van der Waals surface area contributed by atoms with Crippen molar-refractivity contribution >= 4 is 6.03 Å². The van der Waals surface area contributed by atoms with Gasteiger partial charge in [-0.05, 0) is 13.3 Å². The third-order valence-corrected chi connectivity index (χ3v) is 4.29. The summed E-state index contributed by atoms with van der Waals surface area (Å²) >= 11 is 0. The molecule has 22 heavy (non-hydrogen) atoms. The van der Waals surface area contributed by atoms with Crippen molar-refractivity contribution in [3.8, 4) is 0 Å². The van der Waals surface area contributed by atoms with E-state index in [-0.39, 0.29) is 6.03 Å². The Morgan fingerprint density at radius 2 is 2.23 bits per heavy atom. The third-order valence-electron chi connectivity index (χ3n) is 4.29. The lowest BCUT2D eigenvalue weighted by atomic mass is 10.1. The first kappa shape index (κ1) is 15.3. The van der Waals surface area contributed by atoms with Crippen molar-refractivity contribution in [1.82, 2.24) is 20.3 Å². The monoisotopic (exact) mass is 308 g/mol. The van der Waals surface area contributed by atoms with E-state index < -0.39 is 0 Å². The summed E-state index contributed by atoms with van der Waals surface area (Å²) in [5, 5.41) is 7.04. The molecule has 0 aromatic carbocycles. The second kappa shape index (κ2) is 7.11. The molecule has 2 saturated heterocycles. The summed E-state index contributed by atoms with van der Waals surface area (Å²) in [6, 6.07) is 2.01. The van der Waals surface area contributed by atoms with Crippen LogP contribution in [0.1, 0.15) is 17.9 Å². The first-order chi connectivity index (χ1) is 10.7. The second-order valence-corrected chi connectivity index (χ2v) is 6.11. The lowest BCUT2D eigenvalue weighted by Gasteiger charge is -2.34. The van der Waals surface area contributed by atoms with Gasteiger partial charge in [-0.2, -0.15) is 0 Å². The van der Waals surface area contributed by atoms with E-state index in [4.69, 9.17) is 9.26 Å². The van der Waals surface area contributed by atoms with Gasteiger partial charge in [0.25, 0.3) is 0 Å². The quantitative estimate of drug-likeness (QED) is 0.893. The Morgan fingerprint density at radius 3 is 2.86 bits per heavy atom. The molecule has 2 aliphatic rings. The molecule has 2 fully saturated rings. The summed E-state index contributed by atoms with van der Waals surface area (Å²) in [6.07, 6.45) is 1.05. The number of amides is 2. The first-order valence-corrected chi connectivity index (χ1v) is 7.96. The smallest absolute Gasteiger partial charge is 0.317 e. The lowest BCUT2D eigenvalue weighted by Crippen LogP contribution is -2.52. The number of nitrogens with one attached hydrogen (secondary N) is 1. The van der Waals surface area contributed by atoms with E-state index in [1.54, 1.807) is 0 Å². The van der Waals surface area contributed by atoms with Gasteiger partial charge in [0.1, 0.15) is 5.76 Å². The molecule has 1 aromatic rings. The normalized spacial score (nSPS) is 23.0. The van der Waals surface area contributed by atoms with Crippen LogP contribution < -0.4 is 5.32 Å². The van der Waals surface area contributed by atoms with E-state index in [9.17, 15) is 4.79 Å². The molecule has 1 atom stereocenters. The average Bonchev–Trinajstić information content (AvgIpc) is 3.17. The van der Waals surface area contributed by atoms with Crippen LogP contribution in [-0.2, 0) is 11.3 Å². The number of hydrogen-bond acceptors (Lipinski definition) is 5. The van der Waals surface area contributed by atoms with Crippen molar-refractivity contribution in [3.05, 3.63) is 17.5 Å². The number of aryl methyl sites for hydroxylation is 1. The van der Waals surface area contributed by atoms with Crippen LogP contribution in [0.25, 0.3) is 0 Å². The number of urea groups is 1. The van der Waals surface area contributed by atoms with Crippen molar-refractivity contribution in [3.63, 3.8) is 0 Å². The Kier molecular flexibility index (Phi) is 4.94. The van der Waals surface area contributed by atoms with Crippen LogP contribution >= 0.6 is 0 Å². The summed E-state index contributed by atoms with van der Waals surface area (Å²) in [5.41, 5.74) is 0.955. The zero-order valence-corrected chi connectivity index (χ0v) is 13.1. The fourth-order valence-electron chi connectivity index (χ4n) is 2.92. The van der Waals surface area contributed by atoms with Gasteiger partial charge in [-0.25, -0.2) is 4.79 Å². The molecule has 1 aromatic heterocycles. The van der Waals surface area contributed by atoms with Crippen LogP contribution in [0.5, 0.6) is 0 Å². The minimum Gasteiger partial charge on any atom is -0.381 e. The molecule has 2 amide bonds. The molecule has 0 saturated carbocycles. The number of rotatable bonds is 4. The minimum atomic E-state index is 0.0452. The highest BCUT2D eigenvalue weighted by Crippen LogP contribution is 2.12. The Hall–Kier alpha value is -1.60. The fraction of sp³-hybridized carbons (Fsp3) is 0.733. The molecular formula is C15H24N4O3. The molecule has 0 radical (unpaired) electrons. The van der Waals surface area contributed by atoms with E-state index in [1.807, 2.05) is 17.9 Å². The van der Waals surface area contributed by atoms with Gasteiger partial charge in [-0.1, -0.05) is 5.16 Å². The maximum atomic E-state index is 12.2. The maximum Gasteiger partial charge on any atom is 0.317 e. The Labute approximate surface area is 130 Å². The Bertz CT molecular complexity index is 491. The van der Waals surface area contributed by atoms with E-state index in [2.05, 4.69) is 15.4 Å². The Morgan fingerprint density at radius 1 is 1.41 bits per heavy atom. The highest BCUT2D eigenvalue weighted by Gasteiger charge is 2.23. The summed E-state index contributed by atoms with van der Waals surface area (Å²) < 4.78 is 10.4. The van der Waals surface area contributed by atoms with E-state index in [1.165, 1.54) is 0 Å². The molecule has 7 nitrogen and oxygen atoms in total. The molecule has 0 bridgehead atoms. The largest absolute Gasteiger partial charge is 0.381 e. The van der Waals surface area contributed by atoms with Gasteiger partial charge < -0.3 is 19.5 Å². The molecule has 3 rings (SSSR count). The minimum absolute atomic E-state index is 0.0452. The molecule has 1 unspecified atom stereocenters. The predicted molar refractivity (Wildman–Crippen MR) is 80.4 cm³/mol. The van der Waals surface area contributed by atoms with Gasteiger partial charge in [0.2, 0.25) is 0 Å². The van der Waals surface area contributed by atoms with E-state index in [0.29, 0.717) is 5.92 Å². The van der Waals surface area contributed by atoms with Gasteiger partial charge in [0.05, 0.1) is 12.3 Å². The van der Waals surface area contributed by atoms with Crippen molar-refractivity contribution in [2.75, 3.05) is 45.9 Å². The molecule has 0 aliphatic carbocycles. The molecular weight excluding hydrogens is 284 g/mol. The zero-order chi connectivity index (χ0) is 15.4. The third kappa shape index (κ3) is 3.98. The highest BCUT2D eigenvalue weighted by atomic mass is 16.5.